The molecule has 0 aliphatic rings. The summed E-state index contributed by atoms with van der Waals surface area (Å²) in [6.07, 6.45) is 3.37. The molecule has 0 spiro atoms. The number of nitrogens with one attached hydrogen (secondary N) is 3. The Balaban J connectivity index is 1.98. The molecule has 3 aromatic rings. The molecular formula is C13H11N7O. The van der Waals surface area contributed by atoms with Gasteiger partial charge >= 0.3 is 0 Å². The number of rotatable bonds is 4. The van der Waals surface area contributed by atoms with Gasteiger partial charge in [0.15, 0.2) is 0 Å². The first-order valence-electron chi connectivity index (χ1n) is 6.07. The fourth-order valence-corrected chi connectivity index (χ4v) is 1.95. The number of aromatic nitrogens is 5. The van der Waals surface area contributed by atoms with Gasteiger partial charge in [0.1, 0.15) is 17.4 Å². The maximum atomic E-state index is 9.14. The maximum Gasteiger partial charge on any atom is 0.216 e. The van der Waals surface area contributed by atoms with Crippen LogP contribution in [0.5, 0.6) is 5.75 Å². The number of hydrogen-bond acceptors (Lipinski definition) is 6. The fraction of sp³-hybridized carbons (Fsp3) is 0.0769. The lowest BCUT2D eigenvalue weighted by molar-refractivity contribution is 0.415. The quantitative estimate of drug-likeness (QED) is 0.626. The lowest BCUT2D eigenvalue weighted by Gasteiger charge is -2.07. The summed E-state index contributed by atoms with van der Waals surface area (Å²) in [5, 5.41) is 26.5. The van der Waals surface area contributed by atoms with E-state index in [0.29, 0.717) is 5.75 Å². The van der Waals surface area contributed by atoms with E-state index in [4.69, 9.17) is 10.00 Å². The average molecular weight is 281 g/mol. The van der Waals surface area contributed by atoms with Crippen LogP contribution < -0.4 is 10.1 Å². The summed E-state index contributed by atoms with van der Waals surface area (Å²) in [5.41, 5.74) is 2.01. The van der Waals surface area contributed by atoms with Gasteiger partial charge in [0.25, 0.3) is 0 Å². The molecule has 21 heavy (non-hydrogen) atoms. The molecule has 8 heteroatoms. The summed E-state index contributed by atoms with van der Waals surface area (Å²) in [4.78, 5) is 3.12. The minimum atomic E-state index is 0.234. The minimum Gasteiger partial charge on any atom is -0.497 e. The molecule has 0 unspecified atom stereocenters. The van der Waals surface area contributed by atoms with E-state index in [1.165, 1.54) is 6.20 Å². The molecule has 0 atom stereocenters. The molecule has 2 heterocycles. The van der Waals surface area contributed by atoms with Crippen molar-refractivity contribution in [1.29, 1.82) is 5.26 Å². The van der Waals surface area contributed by atoms with Gasteiger partial charge in [-0.15, -0.1) is 10.2 Å². The number of H-pyrrole nitrogens is 2. The molecule has 0 aliphatic carbocycles. The van der Waals surface area contributed by atoms with Gasteiger partial charge in [0, 0.05) is 29.9 Å². The van der Waals surface area contributed by atoms with Crippen LogP contribution in [0, 0.1) is 11.3 Å². The van der Waals surface area contributed by atoms with Crippen molar-refractivity contribution in [2.45, 2.75) is 0 Å². The van der Waals surface area contributed by atoms with Crippen molar-refractivity contribution in [3.05, 3.63) is 36.4 Å². The highest BCUT2D eigenvalue weighted by molar-refractivity contribution is 5.94. The van der Waals surface area contributed by atoms with Gasteiger partial charge in [-0.2, -0.15) is 10.5 Å². The van der Waals surface area contributed by atoms with Crippen LogP contribution in [0.15, 0.2) is 30.6 Å². The van der Waals surface area contributed by atoms with Crippen LogP contribution in [0.3, 0.4) is 0 Å². The second-order valence-electron chi connectivity index (χ2n) is 4.16. The summed E-state index contributed by atoms with van der Waals surface area (Å²) in [5.74, 6) is 0.942. The smallest absolute Gasteiger partial charge is 0.216 e. The van der Waals surface area contributed by atoms with Crippen LogP contribution in [0.25, 0.3) is 16.5 Å². The third-order valence-electron chi connectivity index (χ3n) is 2.96. The first-order chi connectivity index (χ1) is 10.3. The first kappa shape index (κ1) is 12.7. The van der Waals surface area contributed by atoms with Gasteiger partial charge in [-0.3, -0.25) is 0 Å². The highest BCUT2D eigenvalue weighted by Crippen LogP contribution is 2.29. The number of aromatic amines is 2. The molecule has 2 aromatic heterocycles. The Kier molecular flexibility index (Phi) is 3.22. The number of allylic oxidation sites excluding steroid dienone is 1. The maximum absolute atomic E-state index is 9.14. The van der Waals surface area contributed by atoms with Crippen LogP contribution in [-0.4, -0.2) is 32.7 Å². The van der Waals surface area contributed by atoms with Gasteiger partial charge in [0.2, 0.25) is 5.82 Å². The number of tetrazole rings is 1. The van der Waals surface area contributed by atoms with Crippen molar-refractivity contribution < 1.29 is 4.74 Å². The van der Waals surface area contributed by atoms with E-state index < -0.39 is 0 Å². The predicted octanol–water partition coefficient (Wildman–Crippen LogP) is 1.67. The Bertz CT molecular complexity index is 826. The number of anilines is 1. The summed E-state index contributed by atoms with van der Waals surface area (Å²) < 4.78 is 5.25. The SMILES string of the molecule is COc1cc(NC=C(C#N)c2nn[nH]n2)c2cc[nH]c2c1. The third kappa shape index (κ3) is 2.40. The Morgan fingerprint density at radius 2 is 2.38 bits per heavy atom. The Hall–Kier alpha value is -3.34. The molecule has 0 amide bonds. The van der Waals surface area contributed by atoms with Gasteiger partial charge in [-0.05, 0) is 11.3 Å². The molecule has 0 fully saturated rings. The van der Waals surface area contributed by atoms with Crippen molar-refractivity contribution in [3.63, 3.8) is 0 Å². The van der Waals surface area contributed by atoms with Crippen molar-refractivity contribution >= 4 is 22.2 Å². The highest BCUT2D eigenvalue weighted by atomic mass is 16.5. The summed E-state index contributed by atoms with van der Waals surface area (Å²) in [6.45, 7) is 0. The lowest BCUT2D eigenvalue weighted by atomic mass is 10.2. The first-order valence-corrected chi connectivity index (χ1v) is 6.07. The molecule has 0 saturated carbocycles. The van der Waals surface area contributed by atoms with E-state index in [1.54, 1.807) is 7.11 Å². The molecule has 3 N–H and O–H groups in total. The van der Waals surface area contributed by atoms with Crippen LogP contribution in [0.1, 0.15) is 5.82 Å². The number of nitriles is 1. The number of methoxy groups -OCH3 is 1. The zero-order valence-corrected chi connectivity index (χ0v) is 11.1. The monoisotopic (exact) mass is 281 g/mol. The van der Waals surface area contributed by atoms with Crippen molar-refractivity contribution in [2.75, 3.05) is 12.4 Å². The van der Waals surface area contributed by atoms with Gasteiger partial charge in [-0.25, -0.2) is 0 Å². The fourth-order valence-electron chi connectivity index (χ4n) is 1.95. The van der Waals surface area contributed by atoms with Crippen LogP contribution in [-0.2, 0) is 0 Å². The Labute approximate surface area is 119 Å². The van der Waals surface area contributed by atoms with Gasteiger partial charge in [0.05, 0.1) is 18.3 Å². The lowest BCUT2D eigenvalue weighted by Crippen LogP contribution is -1.94. The van der Waals surface area contributed by atoms with Crippen molar-refractivity contribution in [3.8, 4) is 11.8 Å². The number of nitrogens with zero attached hydrogens (tertiary/aromatic N) is 4. The van der Waals surface area contributed by atoms with Crippen molar-refractivity contribution in [1.82, 2.24) is 25.6 Å². The van der Waals surface area contributed by atoms with E-state index in [1.807, 2.05) is 30.5 Å². The van der Waals surface area contributed by atoms with Crippen LogP contribution in [0.4, 0.5) is 5.69 Å². The van der Waals surface area contributed by atoms with Gasteiger partial charge in [-0.1, -0.05) is 0 Å². The second-order valence-corrected chi connectivity index (χ2v) is 4.16. The zero-order chi connectivity index (χ0) is 14.7. The standard InChI is InChI=1S/C13H11N7O/c1-21-9-4-11-10(2-3-15-11)12(5-9)16-7-8(6-14)13-17-19-20-18-13/h2-5,7,15-16H,1H3,(H,17,18,19,20). The highest BCUT2D eigenvalue weighted by Gasteiger charge is 2.08. The van der Waals surface area contributed by atoms with E-state index in [-0.39, 0.29) is 11.4 Å². The molecule has 0 bridgehead atoms. The summed E-state index contributed by atoms with van der Waals surface area (Å²) in [7, 11) is 1.60. The topological polar surface area (TPSA) is 115 Å². The van der Waals surface area contributed by atoms with E-state index >= 15 is 0 Å². The largest absolute Gasteiger partial charge is 0.497 e. The van der Waals surface area contributed by atoms with E-state index in [2.05, 4.69) is 30.9 Å². The molecule has 0 aliphatic heterocycles. The number of ether oxygens (including phenoxy) is 1. The van der Waals surface area contributed by atoms with Crippen molar-refractivity contribution in [2.24, 2.45) is 0 Å². The van der Waals surface area contributed by atoms with E-state index in [0.717, 1.165) is 16.6 Å². The van der Waals surface area contributed by atoms with Gasteiger partial charge < -0.3 is 15.0 Å². The summed E-state index contributed by atoms with van der Waals surface area (Å²) >= 11 is 0. The molecule has 0 radical (unpaired) electrons. The molecule has 0 saturated heterocycles. The van der Waals surface area contributed by atoms with Crippen LogP contribution >= 0.6 is 0 Å². The molecule has 3 rings (SSSR count). The number of fused-ring (bicyclic) bond motifs is 1. The number of benzene rings is 1. The molecule has 8 nitrogen and oxygen atoms in total. The average Bonchev–Trinajstić information content (AvgIpc) is 3.18. The number of hydrogen-bond donors (Lipinski definition) is 3. The molecular weight excluding hydrogens is 270 g/mol. The molecule has 1 aromatic carbocycles. The normalized spacial score (nSPS) is 11.3. The summed E-state index contributed by atoms with van der Waals surface area (Å²) in [6, 6.07) is 7.70. The zero-order valence-electron chi connectivity index (χ0n) is 11.1. The third-order valence-corrected chi connectivity index (χ3v) is 2.96. The Morgan fingerprint density at radius 1 is 1.48 bits per heavy atom. The Morgan fingerprint density at radius 3 is 3.10 bits per heavy atom. The second kappa shape index (κ2) is 5.34. The van der Waals surface area contributed by atoms with Crippen LogP contribution in [0.2, 0.25) is 0 Å². The minimum absolute atomic E-state index is 0.234. The predicted molar refractivity (Wildman–Crippen MR) is 76.2 cm³/mol. The molecule has 104 valence electrons. The van der Waals surface area contributed by atoms with E-state index in [9.17, 15) is 0 Å².